The Labute approximate surface area is 84.1 Å². The highest BCUT2D eigenvalue weighted by Crippen LogP contribution is 2.57. The van der Waals surface area contributed by atoms with Crippen LogP contribution in [0.25, 0.3) is 0 Å². The SMILES string of the molecule is CC(C)CC(C)(C)CC1CC1(C)C. The molecule has 0 aromatic rings. The fourth-order valence-electron chi connectivity index (χ4n) is 2.78. The molecule has 1 unspecified atom stereocenters. The summed E-state index contributed by atoms with van der Waals surface area (Å²) in [5.74, 6) is 1.85. The molecule has 0 saturated heterocycles. The summed E-state index contributed by atoms with van der Waals surface area (Å²) in [6, 6.07) is 0. The van der Waals surface area contributed by atoms with Gasteiger partial charge in [0.25, 0.3) is 0 Å². The molecule has 1 saturated carbocycles. The summed E-state index contributed by atoms with van der Waals surface area (Å²) < 4.78 is 0. The lowest BCUT2D eigenvalue weighted by Gasteiger charge is -2.27. The maximum absolute atomic E-state index is 2.43. The number of hydrogen-bond donors (Lipinski definition) is 0. The predicted octanol–water partition coefficient (Wildman–Crippen LogP) is 4.49. The highest BCUT2D eigenvalue weighted by atomic mass is 14.5. The smallest absolute Gasteiger partial charge is 0.0323 e. The molecule has 13 heavy (non-hydrogen) atoms. The van der Waals surface area contributed by atoms with Crippen molar-refractivity contribution in [3.8, 4) is 0 Å². The minimum atomic E-state index is 0.562. The second-order valence-corrected chi connectivity index (χ2v) is 6.86. The Morgan fingerprint density at radius 2 is 1.77 bits per heavy atom. The molecular weight excluding hydrogens is 156 g/mol. The van der Waals surface area contributed by atoms with Crippen LogP contribution < -0.4 is 0 Å². The molecule has 1 aliphatic rings. The maximum atomic E-state index is 2.43. The highest BCUT2D eigenvalue weighted by molar-refractivity contribution is 4.97. The van der Waals surface area contributed by atoms with Gasteiger partial charge >= 0.3 is 0 Å². The van der Waals surface area contributed by atoms with Crippen molar-refractivity contribution in [1.82, 2.24) is 0 Å². The van der Waals surface area contributed by atoms with Crippen LogP contribution >= 0.6 is 0 Å². The van der Waals surface area contributed by atoms with Crippen molar-refractivity contribution in [1.29, 1.82) is 0 Å². The van der Waals surface area contributed by atoms with E-state index in [1.807, 2.05) is 0 Å². The van der Waals surface area contributed by atoms with Gasteiger partial charge in [-0.25, -0.2) is 0 Å². The Morgan fingerprint density at radius 3 is 2.08 bits per heavy atom. The largest absolute Gasteiger partial charge is 0.0628 e. The quantitative estimate of drug-likeness (QED) is 0.600. The second-order valence-electron chi connectivity index (χ2n) is 6.86. The molecular formula is C13H26. The first-order chi connectivity index (χ1) is 5.73. The van der Waals surface area contributed by atoms with E-state index in [2.05, 4.69) is 41.5 Å². The lowest BCUT2D eigenvalue weighted by molar-refractivity contribution is 0.240. The lowest BCUT2D eigenvalue weighted by atomic mass is 9.78. The molecule has 1 fully saturated rings. The molecule has 1 rings (SSSR count). The molecule has 0 aliphatic heterocycles. The van der Waals surface area contributed by atoms with Crippen LogP contribution in [-0.4, -0.2) is 0 Å². The van der Waals surface area contributed by atoms with Crippen molar-refractivity contribution in [3.63, 3.8) is 0 Å². The van der Waals surface area contributed by atoms with E-state index in [0.717, 1.165) is 11.8 Å². The minimum Gasteiger partial charge on any atom is -0.0628 e. The fraction of sp³-hybridized carbons (Fsp3) is 1.00. The van der Waals surface area contributed by atoms with Crippen LogP contribution in [0.4, 0.5) is 0 Å². The van der Waals surface area contributed by atoms with E-state index in [4.69, 9.17) is 0 Å². The number of rotatable bonds is 4. The van der Waals surface area contributed by atoms with E-state index in [1.54, 1.807) is 0 Å². The van der Waals surface area contributed by atoms with Gasteiger partial charge in [0.1, 0.15) is 0 Å². The lowest BCUT2D eigenvalue weighted by Crippen LogP contribution is -2.16. The summed E-state index contributed by atoms with van der Waals surface area (Å²) in [5, 5.41) is 0. The van der Waals surface area contributed by atoms with E-state index in [0.29, 0.717) is 10.8 Å². The molecule has 0 aromatic carbocycles. The van der Waals surface area contributed by atoms with Gasteiger partial charge in [0.2, 0.25) is 0 Å². The molecule has 0 heterocycles. The highest BCUT2D eigenvalue weighted by Gasteiger charge is 2.47. The van der Waals surface area contributed by atoms with Crippen molar-refractivity contribution in [2.45, 2.75) is 60.8 Å². The van der Waals surface area contributed by atoms with Crippen molar-refractivity contribution in [3.05, 3.63) is 0 Å². The van der Waals surface area contributed by atoms with E-state index in [9.17, 15) is 0 Å². The third-order valence-corrected chi connectivity index (χ3v) is 3.48. The first-order valence-electron chi connectivity index (χ1n) is 5.73. The van der Waals surface area contributed by atoms with Gasteiger partial charge in [-0.3, -0.25) is 0 Å². The fourth-order valence-corrected chi connectivity index (χ4v) is 2.78. The van der Waals surface area contributed by atoms with Crippen LogP contribution in [0.1, 0.15) is 60.8 Å². The van der Waals surface area contributed by atoms with Gasteiger partial charge < -0.3 is 0 Å². The van der Waals surface area contributed by atoms with E-state index in [-0.39, 0.29) is 0 Å². The Balaban J connectivity index is 2.35. The second kappa shape index (κ2) is 3.29. The minimum absolute atomic E-state index is 0.562. The average Bonchev–Trinajstić information content (AvgIpc) is 2.32. The molecule has 1 atom stereocenters. The Hall–Kier alpha value is 0. The zero-order valence-corrected chi connectivity index (χ0v) is 10.3. The van der Waals surface area contributed by atoms with Crippen LogP contribution in [0.2, 0.25) is 0 Å². The topological polar surface area (TPSA) is 0 Å². The Morgan fingerprint density at radius 1 is 1.31 bits per heavy atom. The molecule has 0 nitrogen and oxygen atoms in total. The molecule has 0 spiro atoms. The standard InChI is InChI=1S/C13H26/c1-10(2)7-12(3,4)8-11-9-13(11,5)6/h10-11H,7-9H2,1-6H3. The summed E-state index contributed by atoms with van der Waals surface area (Å²) >= 11 is 0. The number of hydrogen-bond acceptors (Lipinski definition) is 0. The van der Waals surface area contributed by atoms with Crippen LogP contribution in [0, 0.1) is 22.7 Å². The van der Waals surface area contributed by atoms with Crippen molar-refractivity contribution in [2.24, 2.45) is 22.7 Å². The van der Waals surface area contributed by atoms with Crippen LogP contribution in [0.3, 0.4) is 0 Å². The van der Waals surface area contributed by atoms with Crippen LogP contribution in [0.5, 0.6) is 0 Å². The van der Waals surface area contributed by atoms with E-state index >= 15 is 0 Å². The molecule has 1 aliphatic carbocycles. The van der Waals surface area contributed by atoms with Crippen molar-refractivity contribution < 1.29 is 0 Å². The van der Waals surface area contributed by atoms with Gasteiger partial charge in [0.15, 0.2) is 0 Å². The third kappa shape index (κ3) is 3.32. The van der Waals surface area contributed by atoms with Gasteiger partial charge in [-0.05, 0) is 41.9 Å². The molecule has 0 bridgehead atoms. The molecule has 78 valence electrons. The average molecular weight is 182 g/mol. The van der Waals surface area contributed by atoms with Crippen LogP contribution in [0.15, 0.2) is 0 Å². The Kier molecular flexibility index (Phi) is 2.81. The van der Waals surface area contributed by atoms with E-state index in [1.165, 1.54) is 19.3 Å². The van der Waals surface area contributed by atoms with Gasteiger partial charge in [-0.15, -0.1) is 0 Å². The molecule has 0 aromatic heterocycles. The summed E-state index contributed by atoms with van der Waals surface area (Å²) in [6.45, 7) is 14.3. The van der Waals surface area contributed by atoms with E-state index < -0.39 is 0 Å². The van der Waals surface area contributed by atoms with Gasteiger partial charge in [0, 0.05) is 0 Å². The molecule has 0 amide bonds. The summed E-state index contributed by atoms with van der Waals surface area (Å²) in [4.78, 5) is 0. The van der Waals surface area contributed by atoms with Gasteiger partial charge in [0.05, 0.1) is 0 Å². The molecule has 0 heteroatoms. The van der Waals surface area contributed by atoms with Gasteiger partial charge in [-0.2, -0.15) is 0 Å². The zero-order chi connectivity index (χ0) is 10.3. The van der Waals surface area contributed by atoms with Gasteiger partial charge in [-0.1, -0.05) is 41.5 Å². The molecule has 0 radical (unpaired) electrons. The zero-order valence-electron chi connectivity index (χ0n) is 10.3. The summed E-state index contributed by atoms with van der Waals surface area (Å²) in [5.41, 5.74) is 1.22. The predicted molar refractivity (Wildman–Crippen MR) is 59.7 cm³/mol. The maximum Gasteiger partial charge on any atom is -0.0323 e. The normalized spacial score (nSPS) is 26.5. The monoisotopic (exact) mass is 182 g/mol. The first kappa shape index (κ1) is 11.1. The first-order valence-corrected chi connectivity index (χ1v) is 5.73. The molecule has 0 N–H and O–H groups in total. The third-order valence-electron chi connectivity index (χ3n) is 3.48. The summed E-state index contributed by atoms with van der Waals surface area (Å²) in [6.07, 6.45) is 4.26. The summed E-state index contributed by atoms with van der Waals surface area (Å²) in [7, 11) is 0. The Bertz CT molecular complexity index is 174. The van der Waals surface area contributed by atoms with Crippen molar-refractivity contribution in [2.75, 3.05) is 0 Å². The van der Waals surface area contributed by atoms with Crippen molar-refractivity contribution >= 4 is 0 Å². The van der Waals surface area contributed by atoms with Crippen LogP contribution in [-0.2, 0) is 0 Å².